The lowest BCUT2D eigenvalue weighted by atomic mass is 10.3. The van der Waals surface area contributed by atoms with Crippen molar-refractivity contribution in [3.05, 3.63) is 43.1 Å². The Hall–Kier alpha value is -1.97. The van der Waals surface area contributed by atoms with Crippen molar-refractivity contribution in [3.63, 3.8) is 0 Å². The number of aliphatic imine (C=N–C) groups is 1. The highest BCUT2D eigenvalue weighted by atomic mass is 14.8. The van der Waals surface area contributed by atoms with Gasteiger partial charge >= 0.3 is 0 Å². The highest BCUT2D eigenvalue weighted by molar-refractivity contribution is 5.72. The molecule has 0 bridgehead atoms. The van der Waals surface area contributed by atoms with Gasteiger partial charge < -0.3 is 5.73 Å². The smallest absolute Gasteiger partial charge is 0.106 e. The zero-order valence-corrected chi connectivity index (χ0v) is 7.09. The van der Waals surface area contributed by atoms with Gasteiger partial charge in [-0.15, -0.1) is 0 Å². The van der Waals surface area contributed by atoms with E-state index in [2.05, 4.69) is 21.5 Å². The predicted molar refractivity (Wildman–Crippen MR) is 52.9 cm³/mol. The summed E-state index contributed by atoms with van der Waals surface area (Å²) < 4.78 is 0. The number of aromatic nitrogens is 2. The summed E-state index contributed by atoms with van der Waals surface area (Å²) in [6.07, 6.45) is 9.36. The van der Waals surface area contributed by atoms with Crippen molar-refractivity contribution in [2.75, 3.05) is 0 Å². The van der Waals surface area contributed by atoms with Crippen molar-refractivity contribution >= 4 is 11.9 Å². The molecule has 13 heavy (non-hydrogen) atoms. The van der Waals surface area contributed by atoms with E-state index < -0.39 is 0 Å². The van der Waals surface area contributed by atoms with Crippen LogP contribution in [0.3, 0.4) is 0 Å². The molecule has 0 amide bonds. The molecule has 0 atom stereocenters. The van der Waals surface area contributed by atoms with Gasteiger partial charge in [-0.2, -0.15) is 0 Å². The van der Waals surface area contributed by atoms with Crippen molar-refractivity contribution in [2.24, 2.45) is 10.7 Å². The van der Waals surface area contributed by atoms with Crippen LogP contribution in [0.25, 0.3) is 5.70 Å². The summed E-state index contributed by atoms with van der Waals surface area (Å²) in [7, 11) is 0. The fourth-order valence-corrected chi connectivity index (χ4v) is 0.698. The van der Waals surface area contributed by atoms with Crippen LogP contribution in [0, 0.1) is 0 Å². The number of hydrogen-bond donors (Lipinski definition) is 1. The number of nitrogens with zero attached hydrogens (tertiary/aromatic N) is 3. The minimum absolute atomic E-state index is 0.478. The Kier molecular flexibility index (Phi) is 3.38. The highest BCUT2D eigenvalue weighted by Gasteiger charge is 1.94. The van der Waals surface area contributed by atoms with Gasteiger partial charge in [0, 0.05) is 18.6 Å². The van der Waals surface area contributed by atoms with E-state index in [9.17, 15) is 0 Å². The van der Waals surface area contributed by atoms with E-state index in [4.69, 9.17) is 5.73 Å². The summed E-state index contributed by atoms with van der Waals surface area (Å²) in [6.45, 7) is 3.48. The first-order valence-corrected chi connectivity index (χ1v) is 3.71. The van der Waals surface area contributed by atoms with E-state index in [1.54, 1.807) is 30.9 Å². The molecule has 2 N–H and O–H groups in total. The Balaban J connectivity index is 2.79. The number of nitrogens with two attached hydrogens (primary N) is 1. The number of rotatable bonds is 3. The van der Waals surface area contributed by atoms with Gasteiger partial charge in [0.15, 0.2) is 0 Å². The molecule has 4 heteroatoms. The average molecular weight is 174 g/mol. The van der Waals surface area contributed by atoms with E-state index in [0.717, 1.165) is 0 Å². The van der Waals surface area contributed by atoms with Gasteiger partial charge in [-0.05, 0) is 0 Å². The third kappa shape index (κ3) is 2.86. The van der Waals surface area contributed by atoms with Crippen LogP contribution in [-0.2, 0) is 0 Å². The highest BCUT2D eigenvalue weighted by Crippen LogP contribution is 2.01. The third-order valence-electron chi connectivity index (χ3n) is 1.26. The summed E-state index contributed by atoms with van der Waals surface area (Å²) in [5.41, 5.74) is 6.74. The summed E-state index contributed by atoms with van der Waals surface area (Å²) in [5, 5.41) is 0. The lowest BCUT2D eigenvalue weighted by Crippen LogP contribution is -1.98. The largest absolute Gasteiger partial charge is 0.396 e. The van der Waals surface area contributed by atoms with E-state index in [1.165, 1.54) is 6.20 Å². The summed E-state index contributed by atoms with van der Waals surface area (Å²) in [5.74, 6) is 0. The van der Waals surface area contributed by atoms with E-state index in [0.29, 0.717) is 11.4 Å². The Bertz CT molecular complexity index is 327. The van der Waals surface area contributed by atoms with Gasteiger partial charge in [-0.1, -0.05) is 12.7 Å². The molecule has 0 fully saturated rings. The summed E-state index contributed by atoms with van der Waals surface area (Å²) in [6, 6.07) is 0. The van der Waals surface area contributed by atoms with Gasteiger partial charge in [0.25, 0.3) is 0 Å². The normalized spacial score (nSPS) is 11.8. The van der Waals surface area contributed by atoms with Crippen LogP contribution in [0.4, 0.5) is 0 Å². The summed E-state index contributed by atoms with van der Waals surface area (Å²) >= 11 is 0. The van der Waals surface area contributed by atoms with Crippen LogP contribution in [0.1, 0.15) is 5.69 Å². The van der Waals surface area contributed by atoms with Crippen LogP contribution < -0.4 is 5.73 Å². The Morgan fingerprint density at radius 3 is 3.00 bits per heavy atom. The topological polar surface area (TPSA) is 64.2 Å². The Labute approximate surface area is 76.6 Å². The first kappa shape index (κ1) is 9.12. The number of allylic oxidation sites excluding steroid dienone is 1. The Morgan fingerprint density at radius 1 is 1.54 bits per heavy atom. The van der Waals surface area contributed by atoms with Gasteiger partial charge in [0.1, 0.15) is 5.69 Å². The molecule has 1 heterocycles. The van der Waals surface area contributed by atoms with Crippen LogP contribution in [0.5, 0.6) is 0 Å². The molecule has 66 valence electrons. The van der Waals surface area contributed by atoms with Crippen molar-refractivity contribution < 1.29 is 0 Å². The second-order valence-corrected chi connectivity index (χ2v) is 2.21. The molecular weight excluding hydrogens is 164 g/mol. The minimum atomic E-state index is 0.478. The maximum atomic E-state index is 5.65. The van der Waals surface area contributed by atoms with Gasteiger partial charge in [-0.3, -0.25) is 15.0 Å². The molecule has 0 unspecified atom stereocenters. The molecular formula is C9H10N4. The van der Waals surface area contributed by atoms with Crippen molar-refractivity contribution in [1.82, 2.24) is 9.97 Å². The molecule has 0 radical (unpaired) electrons. The molecule has 0 aromatic carbocycles. The van der Waals surface area contributed by atoms with Crippen LogP contribution in [0.2, 0.25) is 0 Å². The van der Waals surface area contributed by atoms with Crippen LogP contribution >= 0.6 is 0 Å². The molecule has 0 aliphatic carbocycles. The maximum Gasteiger partial charge on any atom is 0.106 e. The fraction of sp³-hybridized carbons (Fsp3) is 0. The zero-order chi connectivity index (χ0) is 9.52. The van der Waals surface area contributed by atoms with Gasteiger partial charge in [0.05, 0.1) is 18.1 Å². The molecule has 0 saturated heterocycles. The standard InChI is InChI=1S/C9H10N4/c1-2-3-11-6-8(10)9-7-12-4-5-13-9/h2-7H,1,10H2/b8-6-,11-3-. The molecule has 0 saturated carbocycles. The first-order chi connectivity index (χ1) is 6.34. The SMILES string of the molecule is C=C/C=N\C=C(/N)c1cnccn1. The quantitative estimate of drug-likeness (QED) is 0.695. The monoisotopic (exact) mass is 174 g/mol. The average Bonchev–Trinajstić information content (AvgIpc) is 2.19. The predicted octanol–water partition coefficient (Wildman–Crippen LogP) is 0.991. The third-order valence-corrected chi connectivity index (χ3v) is 1.26. The fourth-order valence-electron chi connectivity index (χ4n) is 0.698. The van der Waals surface area contributed by atoms with Crippen molar-refractivity contribution in [3.8, 4) is 0 Å². The maximum absolute atomic E-state index is 5.65. The van der Waals surface area contributed by atoms with Crippen LogP contribution in [0.15, 0.2) is 42.4 Å². The van der Waals surface area contributed by atoms with Crippen molar-refractivity contribution in [1.29, 1.82) is 0 Å². The lowest BCUT2D eigenvalue weighted by molar-refractivity contribution is 1.15. The summed E-state index contributed by atoms with van der Waals surface area (Å²) in [4.78, 5) is 11.7. The molecule has 1 rings (SSSR count). The number of hydrogen-bond acceptors (Lipinski definition) is 4. The second-order valence-electron chi connectivity index (χ2n) is 2.21. The van der Waals surface area contributed by atoms with Gasteiger partial charge in [0.2, 0.25) is 0 Å². The Morgan fingerprint density at radius 2 is 2.38 bits per heavy atom. The second kappa shape index (κ2) is 4.82. The van der Waals surface area contributed by atoms with Gasteiger partial charge in [-0.25, -0.2) is 0 Å². The molecule has 1 aromatic heterocycles. The molecule has 0 aliphatic rings. The first-order valence-electron chi connectivity index (χ1n) is 3.71. The van der Waals surface area contributed by atoms with E-state index >= 15 is 0 Å². The zero-order valence-electron chi connectivity index (χ0n) is 7.09. The molecule has 0 aliphatic heterocycles. The lowest BCUT2D eigenvalue weighted by Gasteiger charge is -1.95. The van der Waals surface area contributed by atoms with Crippen LogP contribution in [-0.4, -0.2) is 16.2 Å². The van der Waals surface area contributed by atoms with Crippen molar-refractivity contribution in [2.45, 2.75) is 0 Å². The molecule has 4 nitrogen and oxygen atoms in total. The minimum Gasteiger partial charge on any atom is -0.396 e. The van der Waals surface area contributed by atoms with E-state index in [1.807, 2.05) is 0 Å². The molecule has 1 aromatic rings. The van der Waals surface area contributed by atoms with E-state index in [-0.39, 0.29) is 0 Å². The molecule has 0 spiro atoms.